The van der Waals surface area contributed by atoms with E-state index in [1.807, 2.05) is 6.07 Å². The molecule has 2 N–H and O–H groups in total. The highest BCUT2D eigenvalue weighted by molar-refractivity contribution is 5.93. The molecule has 0 bridgehead atoms. The molecule has 2 heterocycles. The summed E-state index contributed by atoms with van der Waals surface area (Å²) >= 11 is 0. The van der Waals surface area contributed by atoms with Crippen LogP contribution in [0.5, 0.6) is 0 Å². The SMILES string of the molecule is N#Cc1c[nH]c(C(=O)N2C[C@@H](O)C[C@@H]2c2ccc(F)cc2)c1. The van der Waals surface area contributed by atoms with E-state index in [0.717, 1.165) is 5.56 Å². The summed E-state index contributed by atoms with van der Waals surface area (Å²) < 4.78 is 13.0. The lowest BCUT2D eigenvalue weighted by Gasteiger charge is -2.24. The number of amides is 1. The van der Waals surface area contributed by atoms with Gasteiger partial charge < -0.3 is 15.0 Å². The van der Waals surface area contributed by atoms with Gasteiger partial charge in [-0.1, -0.05) is 12.1 Å². The lowest BCUT2D eigenvalue weighted by Crippen LogP contribution is -2.32. The number of nitrogens with zero attached hydrogens (tertiary/aromatic N) is 2. The number of carbonyl (C=O) groups is 1. The van der Waals surface area contributed by atoms with Gasteiger partial charge in [0.25, 0.3) is 5.91 Å². The topological polar surface area (TPSA) is 80.1 Å². The lowest BCUT2D eigenvalue weighted by atomic mass is 10.0. The molecule has 5 nitrogen and oxygen atoms in total. The summed E-state index contributed by atoms with van der Waals surface area (Å²) in [5.41, 5.74) is 1.46. The minimum Gasteiger partial charge on any atom is -0.391 e. The molecule has 3 rings (SSSR count). The van der Waals surface area contributed by atoms with E-state index < -0.39 is 6.10 Å². The number of hydrogen-bond acceptors (Lipinski definition) is 3. The third-order valence-electron chi connectivity index (χ3n) is 3.84. The Labute approximate surface area is 126 Å². The van der Waals surface area contributed by atoms with Crippen molar-refractivity contribution in [1.82, 2.24) is 9.88 Å². The van der Waals surface area contributed by atoms with Crippen molar-refractivity contribution in [3.8, 4) is 6.07 Å². The van der Waals surface area contributed by atoms with E-state index >= 15 is 0 Å². The molecule has 1 aliphatic heterocycles. The molecule has 1 aromatic carbocycles. The van der Waals surface area contributed by atoms with Gasteiger partial charge in [-0.3, -0.25) is 4.79 Å². The molecule has 2 atom stereocenters. The first-order valence-corrected chi connectivity index (χ1v) is 6.91. The Morgan fingerprint density at radius 2 is 2.14 bits per heavy atom. The van der Waals surface area contributed by atoms with Gasteiger partial charge in [-0.05, 0) is 30.2 Å². The van der Waals surface area contributed by atoms with Crippen LogP contribution in [0, 0.1) is 17.1 Å². The Balaban J connectivity index is 1.88. The molecule has 0 radical (unpaired) electrons. The van der Waals surface area contributed by atoms with Crippen molar-refractivity contribution in [2.45, 2.75) is 18.6 Å². The zero-order valence-electron chi connectivity index (χ0n) is 11.7. The van der Waals surface area contributed by atoms with Gasteiger partial charge in [0.1, 0.15) is 17.6 Å². The van der Waals surface area contributed by atoms with Gasteiger partial charge in [-0.15, -0.1) is 0 Å². The smallest absolute Gasteiger partial charge is 0.270 e. The third kappa shape index (κ3) is 2.59. The molecule has 22 heavy (non-hydrogen) atoms. The van der Waals surface area contributed by atoms with Gasteiger partial charge in [0.2, 0.25) is 0 Å². The van der Waals surface area contributed by atoms with Crippen LogP contribution >= 0.6 is 0 Å². The number of carbonyl (C=O) groups excluding carboxylic acids is 1. The molecule has 0 spiro atoms. The Hall–Kier alpha value is -2.65. The minimum absolute atomic E-state index is 0.210. The Kier molecular flexibility index (Phi) is 3.65. The van der Waals surface area contributed by atoms with Gasteiger partial charge >= 0.3 is 0 Å². The van der Waals surface area contributed by atoms with Crippen LogP contribution in [0.4, 0.5) is 4.39 Å². The number of nitrogens with one attached hydrogen (secondary N) is 1. The van der Waals surface area contributed by atoms with E-state index in [-0.39, 0.29) is 24.3 Å². The summed E-state index contributed by atoms with van der Waals surface area (Å²) in [5, 5.41) is 18.7. The van der Waals surface area contributed by atoms with Crippen molar-refractivity contribution >= 4 is 5.91 Å². The van der Waals surface area contributed by atoms with Crippen molar-refractivity contribution in [3.63, 3.8) is 0 Å². The first-order valence-electron chi connectivity index (χ1n) is 6.91. The van der Waals surface area contributed by atoms with E-state index in [0.29, 0.717) is 17.7 Å². The van der Waals surface area contributed by atoms with E-state index in [1.54, 1.807) is 17.0 Å². The maximum Gasteiger partial charge on any atom is 0.270 e. The molecule has 6 heteroatoms. The molecular formula is C16H14FN3O2. The number of aromatic nitrogens is 1. The maximum atomic E-state index is 13.0. The molecule has 1 fully saturated rings. The number of halogens is 1. The molecule has 0 aliphatic carbocycles. The van der Waals surface area contributed by atoms with Crippen LogP contribution in [0.15, 0.2) is 36.5 Å². The number of aliphatic hydroxyl groups is 1. The number of rotatable bonds is 2. The van der Waals surface area contributed by atoms with Crippen LogP contribution in [-0.4, -0.2) is 33.5 Å². The fraction of sp³-hybridized carbons (Fsp3) is 0.250. The molecule has 2 aromatic rings. The highest BCUT2D eigenvalue weighted by Crippen LogP contribution is 2.33. The summed E-state index contributed by atoms with van der Waals surface area (Å²) in [5.74, 6) is -0.629. The Bertz CT molecular complexity index is 733. The zero-order valence-corrected chi connectivity index (χ0v) is 11.7. The lowest BCUT2D eigenvalue weighted by molar-refractivity contribution is 0.0710. The fourth-order valence-electron chi connectivity index (χ4n) is 2.78. The number of benzene rings is 1. The standard InChI is InChI=1S/C16H14FN3O2/c17-12-3-1-11(2-4-12)15-6-13(21)9-20(15)16(22)14-5-10(7-18)8-19-14/h1-5,8,13,15,19,21H,6,9H2/t13-,15+/m0/s1. The number of H-pyrrole nitrogens is 1. The van der Waals surface area contributed by atoms with E-state index in [9.17, 15) is 14.3 Å². The van der Waals surface area contributed by atoms with Gasteiger partial charge in [0.15, 0.2) is 0 Å². The van der Waals surface area contributed by atoms with Crippen LogP contribution in [0.1, 0.15) is 34.1 Å². The van der Waals surface area contributed by atoms with Crippen molar-refractivity contribution in [1.29, 1.82) is 5.26 Å². The summed E-state index contributed by atoms with van der Waals surface area (Å²) in [6.07, 6.45) is 1.25. The van der Waals surface area contributed by atoms with Gasteiger partial charge in [0, 0.05) is 12.7 Å². The van der Waals surface area contributed by atoms with Gasteiger partial charge in [0.05, 0.1) is 17.7 Å². The van der Waals surface area contributed by atoms with Crippen molar-refractivity contribution in [3.05, 3.63) is 59.2 Å². The molecule has 0 unspecified atom stereocenters. The zero-order chi connectivity index (χ0) is 15.7. The van der Waals surface area contributed by atoms with Crippen LogP contribution < -0.4 is 0 Å². The minimum atomic E-state index is -0.621. The highest BCUT2D eigenvalue weighted by Gasteiger charge is 2.36. The quantitative estimate of drug-likeness (QED) is 0.889. The number of nitriles is 1. The first-order chi connectivity index (χ1) is 10.6. The molecule has 0 saturated carbocycles. The Morgan fingerprint density at radius 3 is 2.77 bits per heavy atom. The highest BCUT2D eigenvalue weighted by atomic mass is 19.1. The number of aromatic amines is 1. The van der Waals surface area contributed by atoms with Crippen molar-refractivity contribution < 1.29 is 14.3 Å². The monoisotopic (exact) mass is 299 g/mol. The average Bonchev–Trinajstić information content (AvgIpc) is 3.14. The predicted octanol–water partition coefficient (Wildman–Crippen LogP) is 1.97. The van der Waals surface area contributed by atoms with Crippen LogP contribution in [0.2, 0.25) is 0 Å². The first kappa shape index (κ1) is 14.3. The summed E-state index contributed by atoms with van der Waals surface area (Å²) in [6, 6.07) is 9.04. The molecular weight excluding hydrogens is 285 g/mol. The number of likely N-dealkylation sites (tertiary alicyclic amines) is 1. The van der Waals surface area contributed by atoms with Crippen molar-refractivity contribution in [2.75, 3.05) is 6.54 Å². The number of hydrogen-bond donors (Lipinski definition) is 2. The summed E-state index contributed by atoms with van der Waals surface area (Å²) in [4.78, 5) is 16.9. The Morgan fingerprint density at radius 1 is 1.41 bits per heavy atom. The van der Waals surface area contributed by atoms with Crippen molar-refractivity contribution in [2.24, 2.45) is 0 Å². The second-order valence-electron chi connectivity index (χ2n) is 5.33. The predicted molar refractivity (Wildman–Crippen MR) is 76.3 cm³/mol. The largest absolute Gasteiger partial charge is 0.391 e. The average molecular weight is 299 g/mol. The van der Waals surface area contributed by atoms with Gasteiger partial charge in [-0.25, -0.2) is 4.39 Å². The van der Waals surface area contributed by atoms with Crippen LogP contribution in [-0.2, 0) is 0 Å². The number of β-amino-alcohol motifs (C(OH)–C–C–N with tert-alkyl or cyclic N) is 1. The molecule has 1 aromatic heterocycles. The molecule has 112 valence electrons. The van der Waals surface area contributed by atoms with Crippen LogP contribution in [0.25, 0.3) is 0 Å². The molecule has 1 amide bonds. The second-order valence-corrected chi connectivity index (χ2v) is 5.33. The summed E-state index contributed by atoms with van der Waals surface area (Å²) in [7, 11) is 0. The molecule has 1 saturated heterocycles. The maximum absolute atomic E-state index is 13.0. The second kappa shape index (κ2) is 5.62. The van der Waals surface area contributed by atoms with E-state index in [4.69, 9.17) is 5.26 Å². The third-order valence-corrected chi connectivity index (χ3v) is 3.84. The van der Waals surface area contributed by atoms with Gasteiger partial charge in [-0.2, -0.15) is 5.26 Å². The normalized spacial score (nSPS) is 20.9. The number of aliphatic hydroxyl groups excluding tert-OH is 1. The van der Waals surface area contributed by atoms with E-state index in [2.05, 4.69) is 4.98 Å². The van der Waals surface area contributed by atoms with E-state index in [1.165, 1.54) is 24.4 Å². The molecule has 1 aliphatic rings. The fourth-order valence-corrected chi connectivity index (χ4v) is 2.78. The summed E-state index contributed by atoms with van der Waals surface area (Å²) in [6.45, 7) is 0.210. The van der Waals surface area contributed by atoms with Crippen LogP contribution in [0.3, 0.4) is 0 Å².